The van der Waals surface area contributed by atoms with Gasteiger partial charge in [0.25, 0.3) is 5.78 Å². The zero-order valence-electron chi connectivity index (χ0n) is 14.4. The van der Waals surface area contributed by atoms with Crippen LogP contribution in [0.15, 0.2) is 55.1 Å². The van der Waals surface area contributed by atoms with Crippen molar-refractivity contribution < 1.29 is 0 Å². The molecule has 26 heavy (non-hydrogen) atoms. The van der Waals surface area contributed by atoms with Gasteiger partial charge in [-0.05, 0) is 36.2 Å². The van der Waals surface area contributed by atoms with Gasteiger partial charge in [0.15, 0.2) is 0 Å². The van der Waals surface area contributed by atoms with Gasteiger partial charge in [0.1, 0.15) is 12.1 Å². The maximum Gasteiger partial charge on any atom is 0.254 e. The van der Waals surface area contributed by atoms with Gasteiger partial charge in [0.05, 0.1) is 0 Å². The molecule has 130 valence electrons. The molecule has 1 aromatic carbocycles. The summed E-state index contributed by atoms with van der Waals surface area (Å²) in [7, 11) is 0. The summed E-state index contributed by atoms with van der Waals surface area (Å²) >= 11 is 0. The van der Waals surface area contributed by atoms with Crippen LogP contribution in [0.5, 0.6) is 0 Å². The molecule has 0 amide bonds. The second kappa shape index (κ2) is 6.79. The number of nitrogen functional groups attached to an aromatic ring is 1. The van der Waals surface area contributed by atoms with Gasteiger partial charge >= 0.3 is 0 Å². The van der Waals surface area contributed by atoms with Crippen LogP contribution < -0.4 is 11.1 Å². The molecule has 3 heterocycles. The first kappa shape index (κ1) is 16.0. The largest absolute Gasteiger partial charge is 0.399 e. The molecule has 3 N–H and O–H groups in total. The Balaban J connectivity index is 1.74. The number of nitrogens with two attached hydrogens (primary N) is 1. The Kier molecular flexibility index (Phi) is 4.18. The van der Waals surface area contributed by atoms with Crippen molar-refractivity contribution in [3.05, 3.63) is 77.5 Å². The normalized spacial score (nSPS) is 11.0. The molecular weight excluding hydrogens is 326 g/mol. The van der Waals surface area contributed by atoms with E-state index < -0.39 is 0 Å². The van der Waals surface area contributed by atoms with E-state index in [1.54, 1.807) is 10.7 Å². The number of nitrogens with one attached hydrogen (secondary N) is 1. The fourth-order valence-electron chi connectivity index (χ4n) is 2.97. The van der Waals surface area contributed by atoms with Crippen LogP contribution >= 0.6 is 0 Å². The second-order valence-electron chi connectivity index (χ2n) is 6.13. The van der Waals surface area contributed by atoms with E-state index in [9.17, 15) is 0 Å². The minimum atomic E-state index is 0.576. The van der Waals surface area contributed by atoms with Gasteiger partial charge < -0.3 is 11.1 Å². The standard InChI is InChI=1S/C19H19N7/c1-13-17(9-14-4-2-6-16(20)8-14)18(26-19(25-13)23-12-24-26)22-11-15-5-3-7-21-10-15/h2-8,10,12,22H,9,11,20H2,1H3. The Morgan fingerprint density at radius 1 is 1.15 bits per heavy atom. The molecule has 0 saturated heterocycles. The first-order valence-electron chi connectivity index (χ1n) is 8.37. The van der Waals surface area contributed by atoms with Crippen LogP contribution in [-0.4, -0.2) is 24.6 Å². The van der Waals surface area contributed by atoms with Crippen LogP contribution in [0.3, 0.4) is 0 Å². The molecule has 0 bridgehead atoms. The molecule has 0 aliphatic rings. The Labute approximate surface area is 150 Å². The quantitative estimate of drug-likeness (QED) is 0.540. The smallest absolute Gasteiger partial charge is 0.254 e. The minimum absolute atomic E-state index is 0.576. The van der Waals surface area contributed by atoms with Gasteiger partial charge in [-0.15, -0.1) is 0 Å². The van der Waals surface area contributed by atoms with Crippen molar-refractivity contribution in [3.63, 3.8) is 0 Å². The summed E-state index contributed by atoms with van der Waals surface area (Å²) in [5.74, 6) is 1.46. The highest BCUT2D eigenvalue weighted by Gasteiger charge is 2.15. The third kappa shape index (κ3) is 3.19. The molecule has 7 heteroatoms. The maximum atomic E-state index is 5.93. The van der Waals surface area contributed by atoms with Crippen LogP contribution in [0.1, 0.15) is 22.4 Å². The van der Waals surface area contributed by atoms with Crippen LogP contribution in [0.4, 0.5) is 11.5 Å². The van der Waals surface area contributed by atoms with Crippen LogP contribution in [0.2, 0.25) is 0 Å². The van der Waals surface area contributed by atoms with Crippen molar-refractivity contribution in [3.8, 4) is 0 Å². The number of aryl methyl sites for hydroxylation is 1. The fraction of sp³-hybridized carbons (Fsp3) is 0.158. The van der Waals surface area contributed by atoms with Crippen molar-refractivity contribution in [1.82, 2.24) is 24.6 Å². The first-order valence-corrected chi connectivity index (χ1v) is 8.37. The molecular formula is C19H19N7. The van der Waals surface area contributed by atoms with E-state index in [1.165, 1.54) is 6.33 Å². The summed E-state index contributed by atoms with van der Waals surface area (Å²) in [5, 5.41) is 7.82. The van der Waals surface area contributed by atoms with Gasteiger partial charge in [0.2, 0.25) is 0 Å². The lowest BCUT2D eigenvalue weighted by molar-refractivity contribution is 0.889. The molecule has 4 aromatic rings. The molecule has 3 aromatic heterocycles. The van der Waals surface area contributed by atoms with E-state index in [2.05, 4.69) is 31.4 Å². The molecule has 0 atom stereocenters. The predicted molar refractivity (Wildman–Crippen MR) is 101 cm³/mol. The van der Waals surface area contributed by atoms with E-state index in [-0.39, 0.29) is 0 Å². The summed E-state index contributed by atoms with van der Waals surface area (Å²) in [4.78, 5) is 13.0. The number of benzene rings is 1. The average molecular weight is 345 g/mol. The van der Waals surface area contributed by atoms with Crippen molar-refractivity contribution in [1.29, 1.82) is 0 Å². The zero-order valence-corrected chi connectivity index (χ0v) is 14.4. The Hall–Kier alpha value is -3.48. The van der Waals surface area contributed by atoms with Crippen LogP contribution in [-0.2, 0) is 13.0 Å². The van der Waals surface area contributed by atoms with E-state index in [1.807, 2.05) is 43.5 Å². The van der Waals surface area contributed by atoms with E-state index >= 15 is 0 Å². The van der Waals surface area contributed by atoms with Gasteiger partial charge in [-0.3, -0.25) is 4.98 Å². The van der Waals surface area contributed by atoms with Gasteiger partial charge in [-0.2, -0.15) is 14.6 Å². The van der Waals surface area contributed by atoms with Gasteiger partial charge in [-0.1, -0.05) is 18.2 Å². The molecule has 0 fully saturated rings. The number of pyridine rings is 1. The summed E-state index contributed by atoms with van der Waals surface area (Å²) in [5.41, 5.74) is 10.9. The number of rotatable bonds is 5. The van der Waals surface area contributed by atoms with Crippen molar-refractivity contribution in [2.75, 3.05) is 11.1 Å². The highest BCUT2D eigenvalue weighted by Crippen LogP contribution is 2.24. The van der Waals surface area contributed by atoms with E-state index in [4.69, 9.17) is 5.73 Å². The first-order chi connectivity index (χ1) is 12.7. The van der Waals surface area contributed by atoms with Crippen molar-refractivity contribution in [2.45, 2.75) is 19.9 Å². The third-order valence-corrected chi connectivity index (χ3v) is 4.25. The topological polar surface area (TPSA) is 94.0 Å². The summed E-state index contributed by atoms with van der Waals surface area (Å²) < 4.78 is 1.74. The fourth-order valence-corrected chi connectivity index (χ4v) is 2.97. The van der Waals surface area contributed by atoms with Crippen LogP contribution in [0.25, 0.3) is 5.78 Å². The summed E-state index contributed by atoms with van der Waals surface area (Å²) in [6.07, 6.45) is 5.83. The number of hydrogen-bond acceptors (Lipinski definition) is 6. The molecule has 7 nitrogen and oxygen atoms in total. The van der Waals surface area contributed by atoms with Crippen LogP contribution in [0, 0.1) is 6.92 Å². The monoisotopic (exact) mass is 345 g/mol. The summed E-state index contributed by atoms with van der Waals surface area (Å²) in [6, 6.07) is 11.8. The predicted octanol–water partition coefficient (Wildman–Crippen LogP) is 2.61. The number of fused-ring (bicyclic) bond motifs is 1. The van der Waals surface area contributed by atoms with E-state index in [0.717, 1.165) is 33.9 Å². The average Bonchev–Trinajstić information content (AvgIpc) is 3.10. The molecule has 0 saturated carbocycles. The van der Waals surface area contributed by atoms with Gasteiger partial charge in [-0.25, -0.2) is 4.98 Å². The lowest BCUT2D eigenvalue weighted by atomic mass is 10.0. The second-order valence-corrected chi connectivity index (χ2v) is 6.13. The summed E-state index contributed by atoms with van der Waals surface area (Å²) in [6.45, 7) is 2.63. The highest BCUT2D eigenvalue weighted by molar-refractivity contribution is 5.55. The lowest BCUT2D eigenvalue weighted by Crippen LogP contribution is -2.12. The molecule has 0 unspecified atom stereocenters. The molecule has 0 aliphatic carbocycles. The molecule has 0 aliphatic heterocycles. The zero-order chi connectivity index (χ0) is 17.9. The molecule has 0 radical (unpaired) electrons. The SMILES string of the molecule is Cc1nc2ncnn2c(NCc2cccnc2)c1Cc1cccc(N)c1. The number of anilines is 2. The number of hydrogen-bond donors (Lipinski definition) is 2. The molecule has 0 spiro atoms. The number of nitrogens with zero attached hydrogens (tertiary/aromatic N) is 5. The Morgan fingerprint density at radius 3 is 2.85 bits per heavy atom. The Bertz CT molecular complexity index is 1040. The minimum Gasteiger partial charge on any atom is -0.399 e. The van der Waals surface area contributed by atoms with Crippen molar-refractivity contribution >= 4 is 17.3 Å². The van der Waals surface area contributed by atoms with Gasteiger partial charge in [0, 0.05) is 42.3 Å². The lowest BCUT2D eigenvalue weighted by Gasteiger charge is -2.15. The van der Waals surface area contributed by atoms with Crippen molar-refractivity contribution in [2.24, 2.45) is 0 Å². The molecule has 4 rings (SSSR count). The number of aromatic nitrogens is 5. The maximum absolute atomic E-state index is 5.93. The van der Waals surface area contributed by atoms with E-state index in [0.29, 0.717) is 18.7 Å². The Morgan fingerprint density at radius 2 is 2.04 bits per heavy atom. The highest BCUT2D eigenvalue weighted by atomic mass is 15.4. The third-order valence-electron chi connectivity index (χ3n) is 4.25.